The van der Waals surface area contributed by atoms with Gasteiger partial charge in [-0.15, -0.1) is 0 Å². The van der Waals surface area contributed by atoms with Crippen molar-refractivity contribution in [1.82, 2.24) is 10.6 Å². The van der Waals surface area contributed by atoms with Gasteiger partial charge in [0.05, 0.1) is 11.4 Å². The number of carboxylic acid groups (broad SMARTS) is 2. The van der Waals surface area contributed by atoms with Crippen LogP contribution in [0.2, 0.25) is 0 Å². The Morgan fingerprint density at radius 2 is 0.853 bits per heavy atom. The zero-order valence-corrected chi connectivity index (χ0v) is 43.2. The van der Waals surface area contributed by atoms with E-state index in [1.165, 1.54) is 61.9 Å². The van der Waals surface area contributed by atoms with Gasteiger partial charge in [0.25, 0.3) is 0 Å². The van der Waals surface area contributed by atoms with Crippen molar-refractivity contribution in [2.45, 2.75) is 119 Å². The summed E-state index contributed by atoms with van der Waals surface area (Å²) in [4.78, 5) is 50.1. The van der Waals surface area contributed by atoms with E-state index in [4.69, 9.17) is 0 Å². The maximum absolute atomic E-state index is 13.2. The number of hydrogen-bond acceptors (Lipinski definition) is 6. The van der Waals surface area contributed by atoms with Crippen LogP contribution in [0.5, 0.6) is 0 Å². The highest BCUT2D eigenvalue weighted by Gasteiger charge is 2.25. The monoisotopic (exact) mass is 965 g/mol. The van der Waals surface area contributed by atoms with Gasteiger partial charge in [0.15, 0.2) is 0 Å². The van der Waals surface area contributed by atoms with E-state index in [9.17, 15) is 29.4 Å². The van der Waals surface area contributed by atoms with Crippen LogP contribution in [0.25, 0.3) is 0 Å². The Kier molecular flexibility index (Phi) is 29.7. The van der Waals surface area contributed by atoms with Gasteiger partial charge in [-0.1, -0.05) is 124 Å². The predicted molar refractivity (Wildman–Crippen MR) is 290 cm³/mol. The van der Waals surface area contributed by atoms with Gasteiger partial charge >= 0.3 is 24.0 Å². The summed E-state index contributed by atoms with van der Waals surface area (Å²) in [7, 11) is 0. The molecule has 0 heterocycles. The molecular formula is C56H76N4O6S2. The molecule has 2 unspecified atom stereocenters. The number of aliphatic carboxylic acids is 2. The SMILES string of the molecule is CC(C)=CCC/C(C)=C/CC/C(C)=C/CSCC(NC(=O)N(c1ccccc1)c1ccccc1)C(=O)O.CC(C)=CCC/C(C)=C/CC/C(C)=C/CSCC(NC(=O)Nc1ccccc1)C(=O)O. The molecule has 5 N–H and O–H groups in total. The fourth-order valence-corrected chi connectivity index (χ4v) is 8.40. The van der Waals surface area contributed by atoms with Crippen LogP contribution in [0.3, 0.4) is 0 Å². The van der Waals surface area contributed by atoms with Crippen molar-refractivity contribution in [3.8, 4) is 0 Å². The summed E-state index contributed by atoms with van der Waals surface area (Å²) in [5, 5.41) is 27.0. The van der Waals surface area contributed by atoms with Gasteiger partial charge in [-0.05, 0) is 143 Å². The molecule has 0 radical (unpaired) electrons. The highest BCUT2D eigenvalue weighted by Crippen LogP contribution is 2.25. The molecule has 0 aliphatic rings. The third-order valence-electron chi connectivity index (χ3n) is 10.4. The van der Waals surface area contributed by atoms with E-state index in [2.05, 4.69) is 108 Å². The summed E-state index contributed by atoms with van der Waals surface area (Å²) >= 11 is 3.00. The van der Waals surface area contributed by atoms with E-state index in [1.54, 1.807) is 24.3 Å². The molecule has 10 nitrogen and oxygen atoms in total. The van der Waals surface area contributed by atoms with Gasteiger partial charge in [0.2, 0.25) is 0 Å². The average molecular weight is 965 g/mol. The lowest BCUT2D eigenvalue weighted by Gasteiger charge is -2.25. The Morgan fingerprint density at radius 3 is 1.24 bits per heavy atom. The van der Waals surface area contributed by atoms with Gasteiger partial charge < -0.3 is 26.2 Å². The van der Waals surface area contributed by atoms with E-state index in [0.29, 0.717) is 28.6 Å². The molecule has 0 spiro atoms. The van der Waals surface area contributed by atoms with Crippen molar-refractivity contribution in [1.29, 1.82) is 0 Å². The minimum absolute atomic E-state index is 0.283. The molecule has 0 saturated carbocycles. The molecular weight excluding hydrogens is 889 g/mol. The zero-order chi connectivity index (χ0) is 50.1. The minimum atomic E-state index is -1.05. The molecule has 0 bridgehead atoms. The van der Waals surface area contributed by atoms with Crippen LogP contribution in [0.15, 0.2) is 161 Å². The van der Waals surface area contributed by atoms with Crippen molar-refractivity contribution in [3.63, 3.8) is 0 Å². The van der Waals surface area contributed by atoms with Crippen LogP contribution in [-0.2, 0) is 9.59 Å². The normalized spacial score (nSPS) is 12.6. The summed E-state index contributed by atoms with van der Waals surface area (Å²) in [5.41, 5.74) is 10.1. The largest absolute Gasteiger partial charge is 0.480 e. The number of nitrogens with one attached hydrogen (secondary N) is 3. The molecule has 0 aromatic heterocycles. The van der Waals surface area contributed by atoms with E-state index in [0.717, 1.165) is 57.1 Å². The smallest absolute Gasteiger partial charge is 0.327 e. The van der Waals surface area contributed by atoms with Crippen molar-refractivity contribution < 1.29 is 29.4 Å². The number of carbonyl (C=O) groups excluding carboxylic acids is 2. The van der Waals surface area contributed by atoms with Crippen molar-refractivity contribution in [2.24, 2.45) is 0 Å². The molecule has 68 heavy (non-hydrogen) atoms. The topological polar surface area (TPSA) is 148 Å². The number of thioether (sulfide) groups is 2. The Hall–Kier alpha value is -5.72. The van der Waals surface area contributed by atoms with E-state index in [-0.39, 0.29) is 5.75 Å². The molecule has 2 atom stereocenters. The van der Waals surface area contributed by atoms with E-state index < -0.39 is 36.1 Å². The van der Waals surface area contributed by atoms with Gasteiger partial charge in [0.1, 0.15) is 12.1 Å². The summed E-state index contributed by atoms with van der Waals surface area (Å²) in [5.74, 6) is -0.0611. The zero-order valence-electron chi connectivity index (χ0n) is 41.6. The maximum Gasteiger partial charge on any atom is 0.327 e. The summed E-state index contributed by atoms with van der Waals surface area (Å²) < 4.78 is 0. The number of hydrogen-bond donors (Lipinski definition) is 5. The number of nitrogens with zero attached hydrogens (tertiary/aromatic N) is 1. The number of urea groups is 2. The van der Waals surface area contributed by atoms with E-state index >= 15 is 0 Å². The summed E-state index contributed by atoms with van der Waals surface area (Å²) in [6.07, 6.45) is 21.8. The first kappa shape index (κ1) is 58.4. The third kappa shape index (κ3) is 27.2. The van der Waals surface area contributed by atoms with Crippen LogP contribution < -0.4 is 20.9 Å². The summed E-state index contributed by atoms with van der Waals surface area (Å²) in [6.45, 7) is 17.1. The van der Waals surface area contributed by atoms with Gasteiger partial charge in [-0.2, -0.15) is 23.5 Å². The van der Waals surface area contributed by atoms with Crippen LogP contribution in [0.4, 0.5) is 26.7 Å². The molecule has 0 aliphatic heterocycles. The molecule has 368 valence electrons. The molecule has 12 heteroatoms. The summed E-state index contributed by atoms with van der Waals surface area (Å²) in [6, 6.07) is 24.5. The molecule has 3 rings (SSSR count). The van der Waals surface area contributed by atoms with Gasteiger partial charge in [-0.25, -0.2) is 19.2 Å². The van der Waals surface area contributed by atoms with Crippen LogP contribution in [0.1, 0.15) is 107 Å². The first-order chi connectivity index (χ1) is 32.5. The van der Waals surface area contributed by atoms with Crippen LogP contribution in [-0.4, -0.2) is 69.3 Å². The first-order valence-electron chi connectivity index (χ1n) is 23.4. The first-order valence-corrected chi connectivity index (χ1v) is 25.7. The highest BCUT2D eigenvalue weighted by atomic mass is 32.2. The molecule has 0 fully saturated rings. The molecule has 3 aromatic carbocycles. The standard InChI is InChI=1S/C31H40N2O3S.C25H36N2O3S/c1-24(2)13-11-14-25(3)15-12-16-26(4)21-22-37-23-29(30(34)35)32-31(36)33(27-17-7-5-8-18-27)28-19-9-6-10-20-28;1-19(2)10-8-11-20(3)12-9-13-21(4)16-17-31-18-23(24(28)29)27-25(30)26-22-14-6-5-7-15-22/h5-10,13,15,17-21,29H,11-12,14,16,22-23H2,1-4H3,(H,32,36)(H,34,35);5-7,10,12,14-16,23H,8-9,11,13,17-18H2,1-4H3,(H,28,29)(H2,26,27,30)/b25-15+,26-21+;20-12+,21-16+. The maximum atomic E-state index is 13.2. The van der Waals surface area contributed by atoms with Crippen molar-refractivity contribution in [3.05, 3.63) is 161 Å². The number of benzene rings is 3. The minimum Gasteiger partial charge on any atom is -0.480 e. The number of carboxylic acids is 2. The number of para-hydroxylation sites is 3. The van der Waals surface area contributed by atoms with Crippen molar-refractivity contribution >= 4 is 64.6 Å². The molecule has 0 aliphatic carbocycles. The second-order valence-electron chi connectivity index (χ2n) is 17.2. The van der Waals surface area contributed by atoms with Crippen LogP contribution in [0, 0.1) is 0 Å². The number of rotatable bonds is 27. The molecule has 3 aromatic rings. The number of allylic oxidation sites excluding steroid dienone is 10. The Morgan fingerprint density at radius 1 is 0.500 bits per heavy atom. The molecule has 0 saturated heterocycles. The Bertz CT molecular complexity index is 2120. The Balaban J connectivity index is 0.000000475. The fraction of sp³-hybridized carbons (Fsp3) is 0.393. The third-order valence-corrected chi connectivity index (χ3v) is 12.3. The number of amides is 4. The lowest BCUT2D eigenvalue weighted by Crippen LogP contribution is -2.47. The van der Waals surface area contributed by atoms with Crippen molar-refractivity contribution in [2.75, 3.05) is 33.2 Å². The Labute approximate surface area is 415 Å². The second kappa shape index (κ2) is 34.6. The lowest BCUT2D eigenvalue weighted by molar-refractivity contribution is -0.139. The number of carbonyl (C=O) groups is 4. The average Bonchev–Trinajstić information content (AvgIpc) is 3.29. The highest BCUT2D eigenvalue weighted by molar-refractivity contribution is 7.99. The quantitative estimate of drug-likeness (QED) is 0.0375. The predicted octanol–water partition coefficient (Wildman–Crippen LogP) is 14.6. The van der Waals surface area contributed by atoms with Crippen LogP contribution >= 0.6 is 23.5 Å². The van der Waals surface area contributed by atoms with E-state index in [1.807, 2.05) is 66.7 Å². The fourth-order valence-electron chi connectivity index (χ4n) is 6.40. The van der Waals surface area contributed by atoms with Gasteiger partial charge in [0, 0.05) is 28.7 Å². The second-order valence-corrected chi connectivity index (χ2v) is 19.3. The number of anilines is 3. The van der Waals surface area contributed by atoms with Gasteiger partial charge in [-0.3, -0.25) is 4.90 Å². The molecule has 4 amide bonds. The lowest BCUT2D eigenvalue weighted by atomic mass is 10.1.